The molecule has 0 fully saturated rings. The zero-order valence-corrected chi connectivity index (χ0v) is 35.4. The molecule has 0 aliphatic heterocycles. The minimum absolute atomic E-state index is 0.00918. The highest BCUT2D eigenvalue weighted by Crippen LogP contribution is 2.46. The highest BCUT2D eigenvalue weighted by atomic mass is 15.1. The molecule has 0 spiro atoms. The van der Waals surface area contributed by atoms with Crippen molar-refractivity contribution in [3.05, 3.63) is 205 Å². The minimum atomic E-state index is -0.0784. The summed E-state index contributed by atoms with van der Waals surface area (Å²) >= 11 is 0. The van der Waals surface area contributed by atoms with Gasteiger partial charge in [0.05, 0.1) is 16.7 Å². The van der Waals surface area contributed by atoms with E-state index in [0.29, 0.717) is 0 Å². The van der Waals surface area contributed by atoms with E-state index < -0.39 is 0 Å². The lowest BCUT2D eigenvalue weighted by Gasteiger charge is -2.29. The average molecular weight is 775 g/mol. The second-order valence-electron chi connectivity index (χ2n) is 18.3. The normalized spacial score (nSPS) is 12.2. The fraction of sp³-hybridized carbons (Fsp3) is 0.138. The predicted octanol–water partition coefficient (Wildman–Crippen LogP) is 16.5. The lowest BCUT2D eigenvalue weighted by Crippen LogP contribution is -2.12. The van der Waals surface area contributed by atoms with Crippen LogP contribution in [0, 0.1) is 0 Å². The number of hydrogen-bond acceptors (Lipinski definition) is 1. The van der Waals surface area contributed by atoms with E-state index in [1.54, 1.807) is 0 Å². The molecule has 10 rings (SSSR count). The Bertz CT molecular complexity index is 3210. The van der Waals surface area contributed by atoms with E-state index in [0.717, 1.165) is 17.1 Å². The fourth-order valence-corrected chi connectivity index (χ4v) is 9.04. The second kappa shape index (κ2) is 14.4. The molecule has 0 unspecified atom stereocenters. The van der Waals surface area contributed by atoms with Gasteiger partial charge in [0.1, 0.15) is 0 Å². The summed E-state index contributed by atoms with van der Waals surface area (Å²) in [6.45, 7) is 13.9. The maximum absolute atomic E-state index is 2.49. The molecule has 10 aromatic rings. The third-order valence-corrected chi connectivity index (χ3v) is 12.2. The van der Waals surface area contributed by atoms with Crippen LogP contribution in [0.4, 0.5) is 17.1 Å². The molecule has 0 N–H and O–H groups in total. The SMILES string of the molecule is CC(C)(C)c1ccc2c3c(-c4cccc(N(c5ccc6c(ccc7ccccc76)c5)c5ccccc5-c5ccccc5)c4)cc(C(C)(C)C)cc3n(-c3ccccc3)c2c1. The Kier molecular flexibility index (Phi) is 8.99. The van der Waals surface area contributed by atoms with Crippen molar-refractivity contribution >= 4 is 60.4 Å². The van der Waals surface area contributed by atoms with Crippen LogP contribution in [0.15, 0.2) is 194 Å². The largest absolute Gasteiger partial charge is 0.310 e. The molecule has 0 aliphatic carbocycles. The first-order valence-electron chi connectivity index (χ1n) is 21.2. The Labute approximate surface area is 354 Å². The van der Waals surface area contributed by atoms with Gasteiger partial charge in [-0.25, -0.2) is 0 Å². The van der Waals surface area contributed by atoms with Crippen LogP contribution < -0.4 is 4.90 Å². The summed E-state index contributed by atoms with van der Waals surface area (Å²) in [6.07, 6.45) is 0. The highest BCUT2D eigenvalue weighted by Gasteiger charge is 2.25. The topological polar surface area (TPSA) is 8.17 Å². The molecule has 2 nitrogen and oxygen atoms in total. The zero-order chi connectivity index (χ0) is 41.2. The van der Waals surface area contributed by atoms with E-state index in [1.165, 1.54) is 82.4 Å². The van der Waals surface area contributed by atoms with Crippen molar-refractivity contribution in [3.8, 4) is 27.9 Å². The van der Waals surface area contributed by atoms with Gasteiger partial charge in [-0.3, -0.25) is 0 Å². The zero-order valence-electron chi connectivity index (χ0n) is 35.4. The van der Waals surface area contributed by atoms with Crippen molar-refractivity contribution in [1.29, 1.82) is 0 Å². The molecule has 0 radical (unpaired) electrons. The van der Waals surface area contributed by atoms with Gasteiger partial charge >= 0.3 is 0 Å². The Balaban J connectivity index is 1.25. The van der Waals surface area contributed by atoms with Gasteiger partial charge in [-0.15, -0.1) is 0 Å². The number of rotatable bonds is 6. The van der Waals surface area contributed by atoms with Crippen LogP contribution in [0.25, 0.3) is 71.3 Å². The molecule has 0 atom stereocenters. The van der Waals surface area contributed by atoms with Crippen molar-refractivity contribution in [3.63, 3.8) is 0 Å². The average Bonchev–Trinajstić information content (AvgIpc) is 3.60. The lowest BCUT2D eigenvalue weighted by atomic mass is 9.83. The van der Waals surface area contributed by atoms with Crippen LogP contribution in [0.3, 0.4) is 0 Å². The molecular weight excluding hydrogens is 725 g/mol. The van der Waals surface area contributed by atoms with Gasteiger partial charge in [-0.05, 0) is 121 Å². The highest BCUT2D eigenvalue weighted by molar-refractivity contribution is 6.16. The molecule has 1 aromatic heterocycles. The number of aromatic nitrogens is 1. The van der Waals surface area contributed by atoms with Crippen molar-refractivity contribution < 1.29 is 0 Å². The quantitative estimate of drug-likeness (QED) is 0.153. The molecule has 9 aromatic carbocycles. The van der Waals surface area contributed by atoms with Gasteiger partial charge in [-0.1, -0.05) is 175 Å². The first-order valence-corrected chi connectivity index (χ1v) is 21.2. The molecule has 0 aliphatic rings. The first kappa shape index (κ1) is 37.4. The fourth-order valence-electron chi connectivity index (χ4n) is 9.04. The number of fused-ring (bicyclic) bond motifs is 6. The summed E-state index contributed by atoms with van der Waals surface area (Å²) in [4.78, 5) is 2.45. The molecule has 2 heteroatoms. The summed E-state index contributed by atoms with van der Waals surface area (Å²) in [6, 6.07) is 71.8. The van der Waals surface area contributed by atoms with Gasteiger partial charge in [-0.2, -0.15) is 0 Å². The standard InChI is InChI=1S/C58H50N2/c1-57(2,3)43-30-32-51-54(37-43)60(45-22-11-8-12-23-45)55-38-44(58(4,5)6)36-52(56(51)55)41-21-17-24-46(34-41)59(53-27-16-15-26-50(53)39-18-9-7-10-19-39)47-31-33-49-42(35-47)29-28-40-20-13-14-25-48(40)49/h7-38H,1-6H3. The van der Waals surface area contributed by atoms with E-state index in [2.05, 4.69) is 245 Å². The molecule has 1 heterocycles. The predicted molar refractivity (Wildman–Crippen MR) is 259 cm³/mol. The van der Waals surface area contributed by atoms with Crippen molar-refractivity contribution in [1.82, 2.24) is 4.57 Å². The van der Waals surface area contributed by atoms with Gasteiger partial charge in [0.2, 0.25) is 0 Å². The Morgan fingerprint density at radius 3 is 1.78 bits per heavy atom. The van der Waals surface area contributed by atoms with Crippen molar-refractivity contribution in [2.24, 2.45) is 0 Å². The monoisotopic (exact) mass is 774 g/mol. The summed E-state index contributed by atoms with van der Waals surface area (Å²) < 4.78 is 2.49. The molecule has 292 valence electrons. The molecule has 0 amide bonds. The third-order valence-electron chi connectivity index (χ3n) is 12.2. The van der Waals surface area contributed by atoms with Crippen LogP contribution >= 0.6 is 0 Å². The molecule has 0 bridgehead atoms. The third kappa shape index (κ3) is 6.53. The van der Waals surface area contributed by atoms with Crippen molar-refractivity contribution in [2.45, 2.75) is 52.4 Å². The summed E-state index contributed by atoms with van der Waals surface area (Å²) in [5.41, 5.74) is 14.3. The Morgan fingerprint density at radius 2 is 1.00 bits per heavy atom. The van der Waals surface area contributed by atoms with Crippen LogP contribution in [-0.2, 0) is 10.8 Å². The first-order chi connectivity index (χ1) is 29.0. The summed E-state index contributed by atoms with van der Waals surface area (Å²) in [5, 5.41) is 7.53. The van der Waals surface area contributed by atoms with Gasteiger partial charge in [0.25, 0.3) is 0 Å². The van der Waals surface area contributed by atoms with E-state index in [-0.39, 0.29) is 10.8 Å². The van der Waals surface area contributed by atoms with Crippen molar-refractivity contribution in [2.75, 3.05) is 4.90 Å². The number of benzene rings is 9. The Morgan fingerprint density at radius 1 is 0.383 bits per heavy atom. The minimum Gasteiger partial charge on any atom is -0.310 e. The van der Waals surface area contributed by atoms with E-state index in [4.69, 9.17) is 0 Å². The number of anilines is 3. The maximum Gasteiger partial charge on any atom is 0.0550 e. The molecule has 60 heavy (non-hydrogen) atoms. The van der Waals surface area contributed by atoms with Gasteiger partial charge in [0, 0.05) is 33.4 Å². The second-order valence-corrected chi connectivity index (χ2v) is 18.3. The summed E-state index contributed by atoms with van der Waals surface area (Å²) in [5.74, 6) is 0. The molecule has 0 saturated heterocycles. The van der Waals surface area contributed by atoms with Crippen LogP contribution in [0.5, 0.6) is 0 Å². The van der Waals surface area contributed by atoms with E-state index >= 15 is 0 Å². The Hall–Kier alpha value is -6.90. The van der Waals surface area contributed by atoms with Gasteiger partial charge < -0.3 is 9.47 Å². The maximum atomic E-state index is 2.49. The number of hydrogen-bond donors (Lipinski definition) is 0. The van der Waals surface area contributed by atoms with Gasteiger partial charge in [0.15, 0.2) is 0 Å². The number of para-hydroxylation sites is 2. The van der Waals surface area contributed by atoms with Crippen LogP contribution in [0.2, 0.25) is 0 Å². The summed E-state index contributed by atoms with van der Waals surface area (Å²) in [7, 11) is 0. The molecular formula is C58H50N2. The van der Waals surface area contributed by atoms with E-state index in [9.17, 15) is 0 Å². The molecule has 0 saturated carbocycles. The number of nitrogens with zero attached hydrogens (tertiary/aromatic N) is 2. The smallest absolute Gasteiger partial charge is 0.0550 e. The van der Waals surface area contributed by atoms with Crippen LogP contribution in [0.1, 0.15) is 52.7 Å². The van der Waals surface area contributed by atoms with E-state index in [1.807, 2.05) is 0 Å². The lowest BCUT2D eigenvalue weighted by molar-refractivity contribution is 0.591. The van der Waals surface area contributed by atoms with Crippen LogP contribution in [-0.4, -0.2) is 4.57 Å².